The number of methoxy groups -OCH3 is 2. The van der Waals surface area contributed by atoms with Crippen LogP contribution in [0.15, 0.2) is 24.3 Å². The molecule has 1 aliphatic rings. The van der Waals surface area contributed by atoms with Crippen molar-refractivity contribution >= 4 is 0 Å². The van der Waals surface area contributed by atoms with Crippen molar-refractivity contribution in [3.8, 4) is 0 Å². The Kier molecular flexibility index (Phi) is 2.34. The molecule has 0 bridgehead atoms. The molecule has 0 saturated heterocycles. The molecule has 0 aromatic rings. The van der Waals surface area contributed by atoms with Crippen LogP contribution in [0.4, 0.5) is 0 Å². The van der Waals surface area contributed by atoms with Crippen LogP contribution < -0.4 is 0 Å². The Bertz CT molecular complexity index is 195. The van der Waals surface area contributed by atoms with E-state index in [9.17, 15) is 0 Å². The first-order valence-electron chi connectivity index (χ1n) is 3.49. The van der Waals surface area contributed by atoms with Gasteiger partial charge in [-0.3, -0.25) is 0 Å². The average Bonchev–Trinajstić information content (AvgIpc) is 2.06. The van der Waals surface area contributed by atoms with Gasteiger partial charge in [-0.2, -0.15) is 0 Å². The van der Waals surface area contributed by atoms with Gasteiger partial charge in [-0.05, 0) is 24.3 Å². The summed E-state index contributed by atoms with van der Waals surface area (Å²) in [5.74, 6) is -2.85. The van der Waals surface area contributed by atoms with Crippen molar-refractivity contribution in [3.05, 3.63) is 24.3 Å². The third kappa shape index (κ3) is 1.73. The van der Waals surface area contributed by atoms with E-state index in [1.807, 2.05) is 0 Å². The Balaban J connectivity index is 2.83. The maximum atomic E-state index is 9.07. The molecule has 0 aliphatic heterocycles. The van der Waals surface area contributed by atoms with Gasteiger partial charge in [0.1, 0.15) is 0 Å². The lowest BCUT2D eigenvalue weighted by molar-refractivity contribution is -0.144. The molecule has 0 amide bonds. The van der Waals surface area contributed by atoms with E-state index in [2.05, 4.69) is 0 Å². The molecule has 0 fully saturated rings. The van der Waals surface area contributed by atoms with Gasteiger partial charge < -0.3 is 19.7 Å². The molecule has 68 valence electrons. The predicted octanol–water partition coefficient (Wildman–Crippen LogP) is -0.218. The van der Waals surface area contributed by atoms with Crippen molar-refractivity contribution in [2.24, 2.45) is 0 Å². The van der Waals surface area contributed by atoms with Crippen LogP contribution in [0.1, 0.15) is 0 Å². The number of rotatable bonds is 2. The topological polar surface area (TPSA) is 58.9 Å². The lowest BCUT2D eigenvalue weighted by atomic mass is 10.1. The third-order valence-corrected chi connectivity index (χ3v) is 1.76. The van der Waals surface area contributed by atoms with E-state index in [0.29, 0.717) is 0 Å². The summed E-state index contributed by atoms with van der Waals surface area (Å²) in [6, 6.07) is 0. The molecule has 12 heavy (non-hydrogen) atoms. The zero-order valence-corrected chi connectivity index (χ0v) is 7.02. The maximum Gasteiger partial charge on any atom is 0.207 e. The molecule has 0 spiro atoms. The van der Waals surface area contributed by atoms with Crippen LogP contribution in [0, 0.1) is 0 Å². The van der Waals surface area contributed by atoms with E-state index in [0.717, 1.165) is 0 Å². The van der Waals surface area contributed by atoms with Gasteiger partial charge in [0.2, 0.25) is 11.6 Å². The minimum absolute atomic E-state index is 0.963. The Morgan fingerprint density at radius 2 is 1.33 bits per heavy atom. The minimum atomic E-state index is -1.89. The van der Waals surface area contributed by atoms with Gasteiger partial charge in [0.25, 0.3) is 0 Å². The maximum absolute atomic E-state index is 9.07. The Morgan fingerprint density at radius 1 is 0.917 bits per heavy atom. The van der Waals surface area contributed by atoms with Crippen molar-refractivity contribution in [1.29, 1.82) is 0 Å². The lowest BCUT2D eigenvalue weighted by Gasteiger charge is -2.29. The second-order valence-corrected chi connectivity index (χ2v) is 2.58. The monoisotopic (exact) mass is 172 g/mol. The van der Waals surface area contributed by atoms with Crippen LogP contribution in [0.5, 0.6) is 0 Å². The predicted molar refractivity (Wildman–Crippen MR) is 42.2 cm³/mol. The molecule has 4 heteroatoms. The fourth-order valence-corrected chi connectivity index (χ4v) is 0.944. The van der Waals surface area contributed by atoms with Crippen molar-refractivity contribution in [2.75, 3.05) is 14.2 Å². The highest BCUT2D eigenvalue weighted by atomic mass is 16.7. The van der Waals surface area contributed by atoms with Crippen molar-refractivity contribution < 1.29 is 19.7 Å². The summed E-state index contributed by atoms with van der Waals surface area (Å²) in [7, 11) is 2.94. The summed E-state index contributed by atoms with van der Waals surface area (Å²) >= 11 is 0. The Morgan fingerprint density at radius 3 is 1.67 bits per heavy atom. The smallest absolute Gasteiger partial charge is 0.207 e. The fourth-order valence-electron chi connectivity index (χ4n) is 0.944. The highest BCUT2D eigenvalue weighted by Gasteiger charge is 2.30. The van der Waals surface area contributed by atoms with Gasteiger partial charge in [0.15, 0.2) is 0 Å². The molecule has 0 aromatic heterocycles. The second kappa shape index (κ2) is 2.99. The molecule has 0 aromatic carbocycles. The number of hydrogen-bond donors (Lipinski definition) is 2. The van der Waals surface area contributed by atoms with Crippen LogP contribution in [-0.2, 0) is 9.47 Å². The largest absolute Gasteiger partial charge is 0.359 e. The summed E-state index contributed by atoms with van der Waals surface area (Å²) in [6.07, 6.45) is 5.26. The van der Waals surface area contributed by atoms with Gasteiger partial charge in [0, 0.05) is 14.2 Å². The zero-order chi connectivity index (χ0) is 9.24. The molecule has 0 unspecified atom stereocenters. The first-order chi connectivity index (χ1) is 5.54. The van der Waals surface area contributed by atoms with Gasteiger partial charge in [-0.1, -0.05) is 0 Å². The Labute approximate surface area is 70.7 Å². The molecule has 4 nitrogen and oxygen atoms in total. The first-order valence-corrected chi connectivity index (χ1v) is 3.49. The van der Waals surface area contributed by atoms with E-state index in [1.54, 1.807) is 0 Å². The van der Waals surface area contributed by atoms with E-state index >= 15 is 0 Å². The summed E-state index contributed by atoms with van der Waals surface area (Å²) in [4.78, 5) is 0. The van der Waals surface area contributed by atoms with Gasteiger partial charge in [-0.25, -0.2) is 0 Å². The van der Waals surface area contributed by atoms with E-state index < -0.39 is 11.6 Å². The molecule has 0 radical (unpaired) electrons. The van der Waals surface area contributed by atoms with Crippen LogP contribution in [0.25, 0.3) is 0 Å². The van der Waals surface area contributed by atoms with Gasteiger partial charge >= 0.3 is 0 Å². The van der Waals surface area contributed by atoms with E-state index in [4.69, 9.17) is 19.7 Å². The van der Waals surface area contributed by atoms with Crippen LogP contribution >= 0.6 is 0 Å². The average molecular weight is 172 g/mol. The van der Waals surface area contributed by atoms with Crippen LogP contribution in [0.3, 0.4) is 0 Å². The minimum Gasteiger partial charge on any atom is -0.359 e. The number of aliphatic hydroxyl groups is 2. The van der Waals surface area contributed by atoms with Gasteiger partial charge in [-0.15, -0.1) is 0 Å². The molecule has 0 atom stereocenters. The van der Waals surface area contributed by atoms with E-state index in [1.165, 1.54) is 38.5 Å². The van der Waals surface area contributed by atoms with Crippen LogP contribution in [0.2, 0.25) is 0 Å². The molecule has 0 heterocycles. The highest BCUT2D eigenvalue weighted by molar-refractivity contribution is 5.23. The summed E-state index contributed by atoms with van der Waals surface area (Å²) in [5.41, 5.74) is 0. The molecule has 2 N–H and O–H groups in total. The number of hydrogen-bond acceptors (Lipinski definition) is 4. The highest BCUT2D eigenvalue weighted by Crippen LogP contribution is 2.23. The number of ether oxygens (including phenoxy) is 2. The Hall–Kier alpha value is -0.680. The standard InChI is InChI=1S/C8H12O4/c1-11-8(12-2)5-3-7(9,10)4-6-8/h3-6,9-10H,1-2H3. The normalized spacial score (nSPS) is 24.3. The summed E-state index contributed by atoms with van der Waals surface area (Å²) < 4.78 is 10.0. The lowest BCUT2D eigenvalue weighted by Crippen LogP contribution is -2.35. The molecular weight excluding hydrogens is 160 g/mol. The van der Waals surface area contributed by atoms with Gasteiger partial charge in [0.05, 0.1) is 0 Å². The third-order valence-electron chi connectivity index (χ3n) is 1.76. The van der Waals surface area contributed by atoms with Crippen molar-refractivity contribution in [3.63, 3.8) is 0 Å². The molecule has 0 saturated carbocycles. The van der Waals surface area contributed by atoms with Crippen LogP contribution in [-0.4, -0.2) is 36.0 Å². The van der Waals surface area contributed by atoms with Crippen molar-refractivity contribution in [2.45, 2.75) is 11.6 Å². The quantitative estimate of drug-likeness (QED) is 0.446. The second-order valence-electron chi connectivity index (χ2n) is 2.58. The SMILES string of the molecule is COC1(OC)C=CC(O)(O)C=C1. The summed E-state index contributed by atoms with van der Waals surface area (Å²) in [5, 5.41) is 18.1. The zero-order valence-electron chi connectivity index (χ0n) is 7.02. The van der Waals surface area contributed by atoms with Crippen molar-refractivity contribution in [1.82, 2.24) is 0 Å². The fraction of sp³-hybridized carbons (Fsp3) is 0.500. The summed E-state index contributed by atoms with van der Waals surface area (Å²) in [6.45, 7) is 0. The molecular formula is C8H12O4. The molecule has 1 rings (SSSR count). The molecule has 1 aliphatic carbocycles. The first kappa shape index (κ1) is 9.41. The van der Waals surface area contributed by atoms with E-state index in [-0.39, 0.29) is 0 Å².